The van der Waals surface area contributed by atoms with Crippen LogP contribution in [0.25, 0.3) is 0 Å². The van der Waals surface area contributed by atoms with Crippen LogP contribution in [-0.2, 0) is 6.42 Å². The van der Waals surface area contributed by atoms with Crippen LogP contribution in [0.15, 0.2) is 40.9 Å². The predicted molar refractivity (Wildman–Crippen MR) is 75.9 cm³/mol. The zero-order valence-electron chi connectivity index (χ0n) is 10.5. The fourth-order valence-corrected chi connectivity index (χ4v) is 2.28. The van der Waals surface area contributed by atoms with Crippen molar-refractivity contribution in [2.75, 3.05) is 0 Å². The highest BCUT2D eigenvalue weighted by Gasteiger charge is 2.16. The fourth-order valence-electron chi connectivity index (χ4n) is 1.91. The van der Waals surface area contributed by atoms with Crippen LogP contribution < -0.4 is 5.73 Å². The standard InChI is InChI=1S/C15H14BrF2N/c1-9-2-4-10(5-3-9)14(19)8-11-13(17)7-6-12(16)15(11)18/h2-7,14H,8,19H2,1H3. The van der Waals surface area contributed by atoms with E-state index in [-0.39, 0.29) is 16.5 Å². The van der Waals surface area contributed by atoms with Gasteiger partial charge < -0.3 is 5.73 Å². The van der Waals surface area contributed by atoms with Crippen LogP contribution in [0.4, 0.5) is 8.78 Å². The number of aryl methyl sites for hydroxylation is 1. The number of rotatable bonds is 3. The van der Waals surface area contributed by atoms with Crippen molar-refractivity contribution in [1.29, 1.82) is 0 Å². The molecule has 0 spiro atoms. The number of benzene rings is 2. The summed E-state index contributed by atoms with van der Waals surface area (Å²) in [6.45, 7) is 1.98. The third-order valence-corrected chi connectivity index (χ3v) is 3.68. The zero-order chi connectivity index (χ0) is 14.0. The van der Waals surface area contributed by atoms with Crippen LogP contribution in [0.3, 0.4) is 0 Å². The molecule has 0 aliphatic carbocycles. The molecule has 2 rings (SSSR count). The molecule has 19 heavy (non-hydrogen) atoms. The maximum absolute atomic E-state index is 13.9. The van der Waals surface area contributed by atoms with Crippen LogP contribution in [0.1, 0.15) is 22.7 Å². The zero-order valence-corrected chi connectivity index (χ0v) is 12.0. The molecule has 1 nitrogen and oxygen atoms in total. The van der Waals surface area contributed by atoms with Crippen LogP contribution in [0.2, 0.25) is 0 Å². The van der Waals surface area contributed by atoms with E-state index in [4.69, 9.17) is 5.73 Å². The van der Waals surface area contributed by atoms with Gasteiger partial charge in [-0.3, -0.25) is 0 Å². The normalized spacial score (nSPS) is 12.5. The molecule has 100 valence electrons. The molecule has 0 aliphatic heterocycles. The molecule has 0 amide bonds. The molecule has 4 heteroatoms. The quantitative estimate of drug-likeness (QED) is 0.837. The lowest BCUT2D eigenvalue weighted by molar-refractivity contribution is 0.536. The fraction of sp³-hybridized carbons (Fsp3) is 0.200. The molecule has 0 aromatic heterocycles. The van der Waals surface area contributed by atoms with Crippen molar-refractivity contribution in [2.24, 2.45) is 5.73 Å². The van der Waals surface area contributed by atoms with E-state index < -0.39 is 17.7 Å². The predicted octanol–water partition coefficient (Wildman–Crippen LogP) is 4.28. The van der Waals surface area contributed by atoms with Crippen molar-refractivity contribution in [3.8, 4) is 0 Å². The summed E-state index contributed by atoms with van der Waals surface area (Å²) in [7, 11) is 0. The van der Waals surface area contributed by atoms with Crippen LogP contribution in [0, 0.1) is 18.6 Å². The second-order valence-electron chi connectivity index (χ2n) is 4.54. The Labute approximate surface area is 119 Å². The van der Waals surface area contributed by atoms with Crippen molar-refractivity contribution in [2.45, 2.75) is 19.4 Å². The van der Waals surface area contributed by atoms with Gasteiger partial charge in [0.15, 0.2) is 0 Å². The minimum atomic E-state index is -0.581. The summed E-state index contributed by atoms with van der Waals surface area (Å²) in [4.78, 5) is 0. The van der Waals surface area contributed by atoms with Gasteiger partial charge in [0, 0.05) is 11.6 Å². The van der Waals surface area contributed by atoms with Gasteiger partial charge >= 0.3 is 0 Å². The summed E-state index contributed by atoms with van der Waals surface area (Å²) in [6, 6.07) is 9.79. The van der Waals surface area contributed by atoms with Gasteiger partial charge in [0.2, 0.25) is 0 Å². The topological polar surface area (TPSA) is 26.0 Å². The number of nitrogens with two attached hydrogens (primary N) is 1. The maximum Gasteiger partial charge on any atom is 0.143 e. The lowest BCUT2D eigenvalue weighted by atomic mass is 9.98. The summed E-state index contributed by atoms with van der Waals surface area (Å²) >= 11 is 3.05. The van der Waals surface area contributed by atoms with Crippen molar-refractivity contribution in [1.82, 2.24) is 0 Å². The summed E-state index contributed by atoms with van der Waals surface area (Å²) in [5, 5.41) is 0. The Morgan fingerprint density at radius 2 is 1.74 bits per heavy atom. The third kappa shape index (κ3) is 3.19. The lowest BCUT2D eigenvalue weighted by Gasteiger charge is -2.14. The van der Waals surface area contributed by atoms with Gasteiger partial charge in [-0.1, -0.05) is 29.8 Å². The molecule has 1 atom stereocenters. The highest BCUT2D eigenvalue weighted by Crippen LogP contribution is 2.25. The van der Waals surface area contributed by atoms with Crippen LogP contribution in [0.5, 0.6) is 0 Å². The van der Waals surface area contributed by atoms with E-state index >= 15 is 0 Å². The Bertz CT molecular complexity index is 581. The first-order valence-corrected chi connectivity index (χ1v) is 6.73. The van der Waals surface area contributed by atoms with E-state index in [0.717, 1.165) is 11.1 Å². The molecule has 2 aromatic rings. The molecule has 0 saturated carbocycles. The van der Waals surface area contributed by atoms with E-state index in [2.05, 4.69) is 15.9 Å². The highest BCUT2D eigenvalue weighted by atomic mass is 79.9. The molecule has 2 aromatic carbocycles. The van der Waals surface area contributed by atoms with Gasteiger partial charge in [-0.2, -0.15) is 0 Å². The van der Waals surface area contributed by atoms with E-state index in [0.29, 0.717) is 0 Å². The molecule has 0 bridgehead atoms. The molecule has 2 N–H and O–H groups in total. The molecular formula is C15H14BrF2N. The van der Waals surface area contributed by atoms with E-state index in [1.54, 1.807) is 0 Å². The number of halogens is 3. The Morgan fingerprint density at radius 3 is 2.37 bits per heavy atom. The summed E-state index contributed by atoms with van der Waals surface area (Å²) in [5.41, 5.74) is 8.02. The van der Waals surface area contributed by atoms with Gasteiger partial charge in [0.25, 0.3) is 0 Å². The highest BCUT2D eigenvalue weighted by molar-refractivity contribution is 9.10. The third-order valence-electron chi connectivity index (χ3n) is 3.07. The van der Waals surface area contributed by atoms with Gasteiger partial charge in [0.1, 0.15) is 11.6 Å². The molecule has 0 saturated heterocycles. The van der Waals surface area contributed by atoms with Gasteiger partial charge in [-0.15, -0.1) is 0 Å². The van der Waals surface area contributed by atoms with Crippen molar-refractivity contribution < 1.29 is 8.78 Å². The molecule has 0 heterocycles. The second kappa shape index (κ2) is 5.80. The van der Waals surface area contributed by atoms with E-state index in [1.165, 1.54) is 12.1 Å². The smallest absolute Gasteiger partial charge is 0.143 e. The monoisotopic (exact) mass is 325 g/mol. The first-order valence-electron chi connectivity index (χ1n) is 5.93. The molecule has 0 aliphatic rings. The average Bonchev–Trinajstić information content (AvgIpc) is 2.40. The molecule has 1 unspecified atom stereocenters. The average molecular weight is 326 g/mol. The van der Waals surface area contributed by atoms with Crippen molar-refractivity contribution in [3.63, 3.8) is 0 Å². The SMILES string of the molecule is Cc1ccc(C(N)Cc2c(F)ccc(Br)c2F)cc1. The molecular weight excluding hydrogens is 312 g/mol. The summed E-state index contributed by atoms with van der Waals surface area (Å²) < 4.78 is 27.8. The first-order chi connectivity index (χ1) is 8.99. The Balaban J connectivity index is 2.26. The van der Waals surface area contributed by atoms with Gasteiger partial charge in [0.05, 0.1) is 4.47 Å². The molecule has 0 radical (unpaired) electrons. The number of hydrogen-bond donors (Lipinski definition) is 1. The minimum Gasteiger partial charge on any atom is -0.324 e. The van der Waals surface area contributed by atoms with Crippen LogP contribution in [-0.4, -0.2) is 0 Å². The Kier molecular flexibility index (Phi) is 4.32. The molecule has 0 fully saturated rings. The Morgan fingerprint density at radius 1 is 1.11 bits per heavy atom. The Hall–Kier alpha value is -1.26. The maximum atomic E-state index is 13.9. The van der Waals surface area contributed by atoms with E-state index in [9.17, 15) is 8.78 Å². The second-order valence-corrected chi connectivity index (χ2v) is 5.40. The van der Waals surface area contributed by atoms with Gasteiger partial charge in [-0.05, 0) is 47.0 Å². The van der Waals surface area contributed by atoms with Crippen molar-refractivity contribution in [3.05, 3.63) is 69.2 Å². The first kappa shape index (κ1) is 14.2. The van der Waals surface area contributed by atoms with Crippen molar-refractivity contribution >= 4 is 15.9 Å². The summed E-state index contributed by atoms with van der Waals surface area (Å²) in [5.74, 6) is -1.15. The van der Waals surface area contributed by atoms with Crippen LogP contribution >= 0.6 is 15.9 Å². The number of hydrogen-bond acceptors (Lipinski definition) is 1. The van der Waals surface area contributed by atoms with E-state index in [1.807, 2.05) is 31.2 Å². The largest absolute Gasteiger partial charge is 0.324 e. The van der Waals surface area contributed by atoms with Gasteiger partial charge in [-0.25, -0.2) is 8.78 Å². The minimum absolute atomic E-state index is 0.0162. The lowest BCUT2D eigenvalue weighted by Crippen LogP contribution is -2.15. The summed E-state index contributed by atoms with van der Waals surface area (Å²) in [6.07, 6.45) is 0.125.